The molecule has 2 aromatic rings. The van der Waals surface area contributed by atoms with Gasteiger partial charge in [0.1, 0.15) is 5.75 Å². The Hall–Kier alpha value is -2.16. The highest BCUT2D eigenvalue weighted by molar-refractivity contribution is 5.77. The van der Waals surface area contributed by atoms with E-state index >= 15 is 0 Å². The highest BCUT2D eigenvalue weighted by atomic mass is 16.5. The topological polar surface area (TPSA) is 38.7 Å². The molecule has 0 aromatic heterocycles. The lowest BCUT2D eigenvalue weighted by Crippen LogP contribution is -1.93. The lowest BCUT2D eigenvalue weighted by atomic mass is 10.0. The van der Waals surface area contributed by atoms with Crippen LogP contribution >= 0.6 is 0 Å². The third kappa shape index (κ3) is 2.04. The molecule has 2 rings (SSSR count). The van der Waals surface area contributed by atoms with Crippen LogP contribution in [0.25, 0.3) is 11.1 Å². The second-order valence-corrected chi connectivity index (χ2v) is 3.56. The smallest absolute Gasteiger partial charge is 0.168 e. The van der Waals surface area contributed by atoms with E-state index in [-0.39, 0.29) is 5.75 Å². The molecule has 0 spiro atoms. The van der Waals surface area contributed by atoms with Gasteiger partial charge < -0.3 is 14.6 Å². The largest absolute Gasteiger partial charge is 0.507 e. The van der Waals surface area contributed by atoms with E-state index in [1.54, 1.807) is 26.4 Å². The molecule has 2 aromatic carbocycles. The number of methoxy groups -OCH3 is 2. The zero-order chi connectivity index (χ0) is 12.3. The zero-order valence-corrected chi connectivity index (χ0v) is 9.81. The van der Waals surface area contributed by atoms with E-state index in [1.165, 1.54) is 0 Å². The fourth-order valence-corrected chi connectivity index (χ4v) is 1.80. The summed E-state index contributed by atoms with van der Waals surface area (Å²) < 4.78 is 10.6. The van der Waals surface area contributed by atoms with Crippen molar-refractivity contribution in [1.82, 2.24) is 0 Å². The van der Waals surface area contributed by atoms with Crippen molar-refractivity contribution in [3.05, 3.63) is 42.5 Å². The summed E-state index contributed by atoms with van der Waals surface area (Å²) in [7, 11) is 3.17. The molecule has 3 nitrogen and oxygen atoms in total. The fourth-order valence-electron chi connectivity index (χ4n) is 1.80. The number of para-hydroxylation sites is 2. The monoisotopic (exact) mass is 230 g/mol. The Balaban J connectivity index is 2.63. The first kappa shape index (κ1) is 11.3. The standard InChI is InChI=1S/C14H14O3/c1-16-13-9-5-7-11(14(13)17-2)10-6-3-4-8-12(10)15/h3-9,15H,1-2H3. The van der Waals surface area contributed by atoms with Crippen LogP contribution < -0.4 is 9.47 Å². The molecule has 88 valence electrons. The summed E-state index contributed by atoms with van der Waals surface area (Å²) in [6, 6.07) is 12.7. The third-order valence-corrected chi connectivity index (χ3v) is 2.60. The van der Waals surface area contributed by atoms with E-state index < -0.39 is 0 Å². The molecule has 0 unspecified atom stereocenters. The van der Waals surface area contributed by atoms with E-state index in [0.717, 1.165) is 11.1 Å². The molecule has 3 heteroatoms. The third-order valence-electron chi connectivity index (χ3n) is 2.60. The van der Waals surface area contributed by atoms with Crippen molar-refractivity contribution in [3.8, 4) is 28.4 Å². The Morgan fingerprint density at radius 1 is 0.824 bits per heavy atom. The van der Waals surface area contributed by atoms with Gasteiger partial charge >= 0.3 is 0 Å². The molecule has 0 aliphatic rings. The van der Waals surface area contributed by atoms with Gasteiger partial charge in [-0.15, -0.1) is 0 Å². The number of benzene rings is 2. The molecule has 17 heavy (non-hydrogen) atoms. The van der Waals surface area contributed by atoms with Gasteiger partial charge in [0.2, 0.25) is 0 Å². The predicted octanol–water partition coefficient (Wildman–Crippen LogP) is 3.08. The quantitative estimate of drug-likeness (QED) is 0.880. The van der Waals surface area contributed by atoms with Gasteiger partial charge in [-0.1, -0.05) is 30.3 Å². The second-order valence-electron chi connectivity index (χ2n) is 3.56. The van der Waals surface area contributed by atoms with Gasteiger partial charge in [0.15, 0.2) is 11.5 Å². The van der Waals surface area contributed by atoms with Crippen LogP contribution in [-0.2, 0) is 0 Å². The van der Waals surface area contributed by atoms with E-state index in [2.05, 4.69) is 0 Å². The molecule has 0 saturated heterocycles. The van der Waals surface area contributed by atoms with Crippen molar-refractivity contribution >= 4 is 0 Å². The summed E-state index contributed by atoms with van der Waals surface area (Å²) >= 11 is 0. The summed E-state index contributed by atoms with van der Waals surface area (Å²) in [6.45, 7) is 0. The summed E-state index contributed by atoms with van der Waals surface area (Å²) in [4.78, 5) is 0. The maximum atomic E-state index is 9.85. The van der Waals surface area contributed by atoms with Crippen LogP contribution in [0.1, 0.15) is 0 Å². The van der Waals surface area contributed by atoms with Crippen LogP contribution in [0.5, 0.6) is 17.2 Å². The van der Waals surface area contributed by atoms with E-state index in [0.29, 0.717) is 11.5 Å². The van der Waals surface area contributed by atoms with Crippen LogP contribution in [-0.4, -0.2) is 19.3 Å². The average Bonchev–Trinajstić information content (AvgIpc) is 2.38. The Morgan fingerprint density at radius 3 is 2.18 bits per heavy atom. The summed E-state index contributed by atoms with van der Waals surface area (Å²) in [5, 5.41) is 9.85. The van der Waals surface area contributed by atoms with Gasteiger partial charge in [-0.25, -0.2) is 0 Å². The maximum absolute atomic E-state index is 9.85. The number of phenolic OH excluding ortho intramolecular Hbond substituents is 1. The zero-order valence-electron chi connectivity index (χ0n) is 9.81. The summed E-state index contributed by atoms with van der Waals surface area (Å²) in [5.41, 5.74) is 1.54. The van der Waals surface area contributed by atoms with Crippen molar-refractivity contribution in [2.24, 2.45) is 0 Å². The molecule has 0 amide bonds. The molecule has 0 aliphatic heterocycles. The van der Waals surface area contributed by atoms with Crippen molar-refractivity contribution in [2.45, 2.75) is 0 Å². The Labute approximate surface area is 100 Å². The van der Waals surface area contributed by atoms with Crippen molar-refractivity contribution in [3.63, 3.8) is 0 Å². The molecule has 0 saturated carbocycles. The lowest BCUT2D eigenvalue weighted by molar-refractivity contribution is 0.356. The van der Waals surface area contributed by atoms with Crippen molar-refractivity contribution < 1.29 is 14.6 Å². The maximum Gasteiger partial charge on any atom is 0.168 e. The van der Waals surface area contributed by atoms with E-state index in [4.69, 9.17) is 9.47 Å². The molecule has 0 aliphatic carbocycles. The van der Waals surface area contributed by atoms with Gasteiger partial charge in [0.25, 0.3) is 0 Å². The highest BCUT2D eigenvalue weighted by Gasteiger charge is 2.13. The summed E-state index contributed by atoms with van der Waals surface area (Å²) in [5.74, 6) is 1.49. The average molecular weight is 230 g/mol. The Kier molecular flexibility index (Phi) is 3.19. The minimum absolute atomic E-state index is 0.221. The van der Waals surface area contributed by atoms with Gasteiger partial charge in [-0.3, -0.25) is 0 Å². The van der Waals surface area contributed by atoms with Gasteiger partial charge in [-0.2, -0.15) is 0 Å². The second kappa shape index (κ2) is 4.78. The minimum Gasteiger partial charge on any atom is -0.507 e. The van der Waals surface area contributed by atoms with Gasteiger partial charge in [-0.05, 0) is 12.1 Å². The number of hydrogen-bond acceptors (Lipinski definition) is 3. The Morgan fingerprint density at radius 2 is 1.53 bits per heavy atom. The Bertz CT molecular complexity index is 521. The van der Waals surface area contributed by atoms with Crippen LogP contribution in [0.15, 0.2) is 42.5 Å². The van der Waals surface area contributed by atoms with Crippen molar-refractivity contribution in [2.75, 3.05) is 14.2 Å². The molecule has 1 N–H and O–H groups in total. The number of hydrogen-bond donors (Lipinski definition) is 1. The number of phenols is 1. The fraction of sp³-hybridized carbons (Fsp3) is 0.143. The van der Waals surface area contributed by atoms with E-state index in [9.17, 15) is 5.11 Å². The first-order valence-electron chi connectivity index (χ1n) is 5.27. The predicted molar refractivity (Wildman–Crippen MR) is 66.6 cm³/mol. The van der Waals surface area contributed by atoms with Gasteiger partial charge in [0.05, 0.1) is 14.2 Å². The molecular formula is C14H14O3. The van der Waals surface area contributed by atoms with Crippen LogP contribution in [0, 0.1) is 0 Å². The van der Waals surface area contributed by atoms with Crippen LogP contribution in [0.2, 0.25) is 0 Å². The molecule has 0 fully saturated rings. The SMILES string of the molecule is COc1cccc(-c2ccccc2O)c1OC. The lowest BCUT2D eigenvalue weighted by Gasteiger charge is -2.13. The summed E-state index contributed by atoms with van der Waals surface area (Å²) in [6.07, 6.45) is 0. The first-order chi connectivity index (χ1) is 8.27. The first-order valence-corrected chi connectivity index (χ1v) is 5.27. The van der Waals surface area contributed by atoms with Crippen LogP contribution in [0.4, 0.5) is 0 Å². The van der Waals surface area contributed by atoms with E-state index in [1.807, 2.05) is 30.3 Å². The number of aromatic hydroxyl groups is 1. The van der Waals surface area contributed by atoms with Crippen LogP contribution in [0.3, 0.4) is 0 Å². The van der Waals surface area contributed by atoms with Crippen molar-refractivity contribution in [1.29, 1.82) is 0 Å². The molecule has 0 bridgehead atoms. The van der Waals surface area contributed by atoms with Gasteiger partial charge in [0, 0.05) is 11.1 Å². The molecule has 0 heterocycles. The molecular weight excluding hydrogens is 216 g/mol. The number of rotatable bonds is 3. The molecule has 0 atom stereocenters. The molecule has 0 radical (unpaired) electrons. The number of ether oxygens (including phenoxy) is 2. The highest BCUT2D eigenvalue weighted by Crippen LogP contribution is 2.40. The normalized spacial score (nSPS) is 10.0. The minimum atomic E-state index is 0.221.